The average Bonchev–Trinajstić information content (AvgIpc) is 2.94. The van der Waals surface area contributed by atoms with Crippen molar-refractivity contribution in [2.75, 3.05) is 24.3 Å². The minimum atomic E-state index is -4.55. The molecule has 1 N–H and O–H groups in total. The third-order valence-corrected chi connectivity index (χ3v) is 3.20. The van der Waals surface area contributed by atoms with Crippen LogP contribution in [0.4, 0.5) is 30.4 Å². The van der Waals surface area contributed by atoms with Gasteiger partial charge in [0.2, 0.25) is 5.91 Å². The highest BCUT2D eigenvalue weighted by atomic mass is 19.4. The molecule has 0 aliphatic heterocycles. The van der Waals surface area contributed by atoms with Crippen LogP contribution in [0.15, 0.2) is 30.5 Å². The number of benzene rings is 1. The number of anilines is 2. The summed E-state index contributed by atoms with van der Waals surface area (Å²) in [5, 5.41) is 16.5. The van der Waals surface area contributed by atoms with Crippen LogP contribution in [-0.4, -0.2) is 34.7 Å². The van der Waals surface area contributed by atoms with Gasteiger partial charge in [-0.25, -0.2) is 0 Å². The van der Waals surface area contributed by atoms with Crippen LogP contribution in [-0.2, 0) is 17.5 Å². The zero-order chi connectivity index (χ0) is 18.8. The molecule has 1 aromatic heterocycles. The van der Waals surface area contributed by atoms with Crippen LogP contribution < -0.4 is 10.2 Å². The van der Waals surface area contributed by atoms with Gasteiger partial charge < -0.3 is 20.3 Å². The Bertz CT molecular complexity index is 801. The van der Waals surface area contributed by atoms with Gasteiger partial charge in [0.15, 0.2) is 0 Å². The lowest BCUT2D eigenvalue weighted by molar-refractivity contribution is -0.389. The minimum absolute atomic E-state index is 0.0218. The molecule has 0 aliphatic rings. The predicted molar refractivity (Wildman–Crippen MR) is 83.3 cm³/mol. The summed E-state index contributed by atoms with van der Waals surface area (Å²) in [5.41, 5.74) is -0.539. The highest BCUT2D eigenvalue weighted by Gasteiger charge is 2.31. The fraction of sp³-hybridized carbons (Fsp3) is 0.286. The fourth-order valence-electron chi connectivity index (χ4n) is 2.08. The van der Waals surface area contributed by atoms with Gasteiger partial charge in [-0.2, -0.15) is 17.9 Å². The van der Waals surface area contributed by atoms with E-state index in [1.807, 2.05) is 0 Å². The van der Waals surface area contributed by atoms with Gasteiger partial charge in [0, 0.05) is 14.1 Å². The van der Waals surface area contributed by atoms with Gasteiger partial charge in [-0.1, -0.05) is 0 Å². The van der Waals surface area contributed by atoms with E-state index in [-0.39, 0.29) is 12.2 Å². The van der Waals surface area contributed by atoms with Crippen LogP contribution >= 0.6 is 0 Å². The maximum Gasteiger partial charge on any atom is 0.416 e. The van der Waals surface area contributed by atoms with Crippen molar-refractivity contribution in [3.8, 4) is 0 Å². The topological polar surface area (TPSA) is 93.3 Å². The number of carbonyl (C=O) groups excluding carboxylic acids is 1. The number of nitro groups is 1. The lowest BCUT2D eigenvalue weighted by atomic mass is 10.1. The Morgan fingerprint density at radius 2 is 2.04 bits per heavy atom. The van der Waals surface area contributed by atoms with Crippen molar-refractivity contribution in [3.05, 3.63) is 46.1 Å². The van der Waals surface area contributed by atoms with Crippen LogP contribution in [0.25, 0.3) is 0 Å². The normalized spacial score (nSPS) is 11.2. The number of alkyl halides is 3. The molecular formula is C14H14F3N5O3. The number of nitrogens with one attached hydrogen (secondary N) is 1. The Hall–Kier alpha value is -3.11. The third-order valence-electron chi connectivity index (χ3n) is 3.20. The molecule has 11 heteroatoms. The van der Waals surface area contributed by atoms with Gasteiger partial charge in [-0.15, -0.1) is 0 Å². The Morgan fingerprint density at radius 3 is 2.56 bits per heavy atom. The molecule has 1 heterocycles. The molecule has 0 fully saturated rings. The molecule has 8 nitrogen and oxygen atoms in total. The van der Waals surface area contributed by atoms with E-state index in [0.29, 0.717) is 5.69 Å². The maximum absolute atomic E-state index is 12.9. The van der Waals surface area contributed by atoms with E-state index in [1.54, 1.807) is 19.0 Å². The first kappa shape index (κ1) is 18.2. The van der Waals surface area contributed by atoms with E-state index in [9.17, 15) is 28.1 Å². The molecule has 25 heavy (non-hydrogen) atoms. The Balaban J connectivity index is 2.21. The first-order valence-corrected chi connectivity index (χ1v) is 6.94. The average molecular weight is 357 g/mol. The summed E-state index contributed by atoms with van der Waals surface area (Å²) in [7, 11) is 3.24. The van der Waals surface area contributed by atoms with Gasteiger partial charge in [-0.05, 0) is 23.1 Å². The van der Waals surface area contributed by atoms with Crippen molar-refractivity contribution < 1.29 is 22.9 Å². The number of hydrogen-bond donors (Lipinski definition) is 1. The van der Waals surface area contributed by atoms with Gasteiger partial charge >= 0.3 is 12.0 Å². The molecule has 0 aliphatic carbocycles. The highest BCUT2D eigenvalue weighted by molar-refractivity contribution is 5.94. The summed E-state index contributed by atoms with van der Waals surface area (Å²) < 4.78 is 39.6. The number of nitrogens with zero attached hydrogens (tertiary/aromatic N) is 4. The number of aromatic nitrogens is 2. The minimum Gasteiger partial charge on any atom is -0.376 e. The largest absolute Gasteiger partial charge is 0.416 e. The molecule has 2 rings (SSSR count). The zero-order valence-corrected chi connectivity index (χ0v) is 13.2. The summed E-state index contributed by atoms with van der Waals surface area (Å²) in [5.74, 6) is -1.10. The number of rotatable bonds is 5. The summed E-state index contributed by atoms with van der Waals surface area (Å²) in [6, 6.07) is 4.11. The lowest BCUT2D eigenvalue weighted by Gasteiger charge is -2.19. The number of hydrogen-bond acceptors (Lipinski definition) is 5. The lowest BCUT2D eigenvalue weighted by Crippen LogP contribution is -2.22. The van der Waals surface area contributed by atoms with Crippen molar-refractivity contribution in [2.24, 2.45) is 0 Å². The molecule has 0 bridgehead atoms. The van der Waals surface area contributed by atoms with E-state index in [4.69, 9.17) is 0 Å². The van der Waals surface area contributed by atoms with Crippen molar-refractivity contribution in [3.63, 3.8) is 0 Å². The van der Waals surface area contributed by atoms with E-state index < -0.39 is 28.4 Å². The van der Waals surface area contributed by atoms with E-state index >= 15 is 0 Å². The third kappa shape index (κ3) is 4.46. The maximum atomic E-state index is 12.9. The van der Waals surface area contributed by atoms with E-state index in [1.165, 1.54) is 12.3 Å². The second-order valence-corrected chi connectivity index (χ2v) is 5.30. The summed E-state index contributed by atoms with van der Waals surface area (Å²) in [6.45, 7) is -0.378. The monoisotopic (exact) mass is 357 g/mol. The van der Waals surface area contributed by atoms with Gasteiger partial charge in [0.1, 0.15) is 6.54 Å². The first-order valence-electron chi connectivity index (χ1n) is 6.94. The van der Waals surface area contributed by atoms with Crippen molar-refractivity contribution in [1.82, 2.24) is 9.78 Å². The molecule has 1 aromatic carbocycles. The van der Waals surface area contributed by atoms with Crippen LogP contribution in [0.3, 0.4) is 0 Å². The molecular weight excluding hydrogens is 343 g/mol. The first-order chi connectivity index (χ1) is 11.6. The fourth-order valence-corrected chi connectivity index (χ4v) is 2.08. The Kier molecular flexibility index (Phi) is 4.95. The smallest absolute Gasteiger partial charge is 0.376 e. The Morgan fingerprint density at radius 1 is 1.36 bits per heavy atom. The summed E-state index contributed by atoms with van der Waals surface area (Å²) in [4.78, 5) is 23.4. The zero-order valence-electron chi connectivity index (χ0n) is 13.2. The van der Waals surface area contributed by atoms with E-state index in [0.717, 1.165) is 22.9 Å². The molecule has 0 radical (unpaired) electrons. The van der Waals surface area contributed by atoms with Crippen molar-refractivity contribution >= 4 is 23.1 Å². The molecule has 2 aromatic rings. The number of halogens is 3. The predicted octanol–water partition coefficient (Wildman–Crippen LogP) is 2.51. The van der Waals surface area contributed by atoms with Crippen LogP contribution in [0, 0.1) is 10.1 Å². The second kappa shape index (κ2) is 6.79. The van der Waals surface area contributed by atoms with Crippen molar-refractivity contribution in [2.45, 2.75) is 12.7 Å². The molecule has 134 valence electrons. The van der Waals surface area contributed by atoms with Crippen LogP contribution in [0.2, 0.25) is 0 Å². The van der Waals surface area contributed by atoms with Gasteiger partial charge in [0.05, 0.1) is 34.3 Å². The van der Waals surface area contributed by atoms with Gasteiger partial charge in [-0.3, -0.25) is 4.79 Å². The SMILES string of the molecule is CN(C)c1ccc(C(F)(F)F)cc1NC(=O)Cn1ccc([N+](=O)[O-])n1. The highest BCUT2D eigenvalue weighted by Crippen LogP contribution is 2.34. The van der Waals surface area contributed by atoms with Crippen LogP contribution in [0.5, 0.6) is 0 Å². The standard InChI is InChI=1S/C14H14F3N5O3/c1-20(2)11-4-3-9(14(15,16)17)7-10(11)18-13(23)8-21-6-5-12(19-21)22(24)25/h3-7H,8H2,1-2H3,(H,18,23). The molecule has 0 saturated carbocycles. The Labute approximate surface area is 140 Å². The summed E-state index contributed by atoms with van der Waals surface area (Å²) >= 11 is 0. The summed E-state index contributed by atoms with van der Waals surface area (Å²) in [6.07, 6.45) is -3.32. The molecule has 0 atom stereocenters. The molecule has 0 unspecified atom stereocenters. The second-order valence-electron chi connectivity index (χ2n) is 5.30. The number of carbonyl (C=O) groups is 1. The van der Waals surface area contributed by atoms with Gasteiger partial charge in [0.25, 0.3) is 0 Å². The van der Waals surface area contributed by atoms with Crippen molar-refractivity contribution in [1.29, 1.82) is 0 Å². The van der Waals surface area contributed by atoms with Crippen LogP contribution in [0.1, 0.15) is 5.56 Å². The molecule has 0 saturated heterocycles. The van der Waals surface area contributed by atoms with E-state index in [2.05, 4.69) is 10.4 Å². The quantitative estimate of drug-likeness (QED) is 0.656. The number of amides is 1. The molecule has 0 spiro atoms. The molecule has 1 amide bonds.